The molecule has 4 aromatic rings. The zero-order valence-electron chi connectivity index (χ0n) is 17.5. The SMILES string of the molecule is CCS(=O)(=O)NCc1cc(-c2ccc3ncnc(NCc4ccccc4)c3c2)ccc1F. The largest absolute Gasteiger partial charge is 0.365 e. The normalized spacial score (nSPS) is 11.6. The second-order valence-electron chi connectivity index (χ2n) is 7.32. The van der Waals surface area contributed by atoms with Gasteiger partial charge in [0.15, 0.2) is 0 Å². The molecule has 0 saturated carbocycles. The van der Waals surface area contributed by atoms with E-state index in [1.54, 1.807) is 12.1 Å². The van der Waals surface area contributed by atoms with Crippen molar-refractivity contribution in [1.82, 2.24) is 14.7 Å². The van der Waals surface area contributed by atoms with Gasteiger partial charge < -0.3 is 5.32 Å². The van der Waals surface area contributed by atoms with Gasteiger partial charge in [0.1, 0.15) is 18.0 Å². The van der Waals surface area contributed by atoms with Gasteiger partial charge in [0.2, 0.25) is 10.0 Å². The van der Waals surface area contributed by atoms with E-state index < -0.39 is 15.8 Å². The highest BCUT2D eigenvalue weighted by molar-refractivity contribution is 7.89. The van der Waals surface area contributed by atoms with E-state index in [1.165, 1.54) is 19.3 Å². The molecular formula is C24H23FN4O2S. The lowest BCUT2D eigenvalue weighted by Crippen LogP contribution is -2.25. The average Bonchev–Trinajstić information content (AvgIpc) is 2.82. The first kappa shape index (κ1) is 21.9. The van der Waals surface area contributed by atoms with Crippen molar-refractivity contribution in [1.29, 1.82) is 0 Å². The summed E-state index contributed by atoms with van der Waals surface area (Å²) in [7, 11) is -3.42. The molecule has 4 rings (SSSR count). The van der Waals surface area contributed by atoms with Gasteiger partial charge in [-0.2, -0.15) is 0 Å². The minimum absolute atomic E-state index is 0.0578. The van der Waals surface area contributed by atoms with E-state index in [-0.39, 0.29) is 17.9 Å². The van der Waals surface area contributed by atoms with Gasteiger partial charge in [0, 0.05) is 24.0 Å². The summed E-state index contributed by atoms with van der Waals surface area (Å²) in [6, 6.07) is 20.5. The third-order valence-electron chi connectivity index (χ3n) is 5.18. The van der Waals surface area contributed by atoms with Crippen LogP contribution in [0, 0.1) is 5.82 Å². The molecule has 164 valence electrons. The van der Waals surface area contributed by atoms with Crippen LogP contribution in [0.1, 0.15) is 18.1 Å². The smallest absolute Gasteiger partial charge is 0.211 e. The van der Waals surface area contributed by atoms with E-state index in [0.29, 0.717) is 12.4 Å². The fraction of sp³-hybridized carbons (Fsp3) is 0.167. The van der Waals surface area contributed by atoms with Crippen LogP contribution in [-0.4, -0.2) is 24.1 Å². The molecule has 0 saturated heterocycles. The van der Waals surface area contributed by atoms with E-state index in [0.717, 1.165) is 27.6 Å². The summed E-state index contributed by atoms with van der Waals surface area (Å²) in [6.07, 6.45) is 1.52. The van der Waals surface area contributed by atoms with Crippen molar-refractivity contribution in [3.63, 3.8) is 0 Å². The first-order valence-electron chi connectivity index (χ1n) is 10.2. The summed E-state index contributed by atoms with van der Waals surface area (Å²) >= 11 is 0. The maximum atomic E-state index is 14.3. The summed E-state index contributed by atoms with van der Waals surface area (Å²) < 4.78 is 40.2. The Morgan fingerprint density at radius 2 is 1.66 bits per heavy atom. The number of nitrogens with zero attached hydrogens (tertiary/aromatic N) is 2. The highest BCUT2D eigenvalue weighted by atomic mass is 32.2. The molecule has 6 nitrogen and oxygen atoms in total. The number of nitrogens with one attached hydrogen (secondary N) is 2. The Kier molecular flexibility index (Phi) is 6.43. The summed E-state index contributed by atoms with van der Waals surface area (Å²) in [5.74, 6) is 0.193. The van der Waals surface area contributed by atoms with Crippen molar-refractivity contribution in [3.8, 4) is 11.1 Å². The second kappa shape index (κ2) is 9.42. The number of aromatic nitrogens is 2. The van der Waals surface area contributed by atoms with Crippen molar-refractivity contribution in [2.24, 2.45) is 0 Å². The van der Waals surface area contributed by atoms with Gasteiger partial charge in [0.05, 0.1) is 11.3 Å². The van der Waals surface area contributed by atoms with Crippen molar-refractivity contribution in [2.45, 2.75) is 20.0 Å². The van der Waals surface area contributed by atoms with Crippen LogP contribution in [0.4, 0.5) is 10.2 Å². The standard InChI is InChI=1S/C24H23FN4O2S/c1-2-32(30,31)29-15-20-12-18(8-10-22(20)25)19-9-11-23-21(13-19)24(28-16-27-23)26-14-17-6-4-3-5-7-17/h3-13,16,29H,2,14-15H2,1H3,(H,26,27,28). The molecule has 0 aliphatic rings. The summed E-state index contributed by atoms with van der Waals surface area (Å²) in [4.78, 5) is 8.74. The van der Waals surface area contributed by atoms with Crippen LogP contribution in [0.2, 0.25) is 0 Å². The van der Waals surface area contributed by atoms with Crippen LogP contribution in [-0.2, 0) is 23.1 Å². The molecule has 0 atom stereocenters. The van der Waals surface area contributed by atoms with E-state index in [2.05, 4.69) is 20.0 Å². The van der Waals surface area contributed by atoms with Crippen molar-refractivity contribution < 1.29 is 12.8 Å². The number of benzene rings is 3. The van der Waals surface area contributed by atoms with Gasteiger partial charge in [-0.3, -0.25) is 0 Å². The highest BCUT2D eigenvalue weighted by Gasteiger charge is 2.12. The summed E-state index contributed by atoms with van der Waals surface area (Å²) in [5, 5.41) is 4.20. The molecule has 0 spiro atoms. The fourth-order valence-electron chi connectivity index (χ4n) is 3.34. The zero-order chi connectivity index (χ0) is 22.6. The lowest BCUT2D eigenvalue weighted by molar-refractivity contribution is 0.575. The molecule has 2 N–H and O–H groups in total. The molecule has 0 aliphatic carbocycles. The van der Waals surface area contributed by atoms with E-state index in [1.807, 2.05) is 48.5 Å². The lowest BCUT2D eigenvalue weighted by atomic mass is 10.0. The molecule has 0 fully saturated rings. The van der Waals surface area contributed by atoms with Crippen molar-refractivity contribution in [3.05, 3.63) is 90.0 Å². The van der Waals surface area contributed by atoms with Gasteiger partial charge in [-0.05, 0) is 47.9 Å². The predicted molar refractivity (Wildman–Crippen MR) is 125 cm³/mol. The molecule has 0 radical (unpaired) electrons. The molecule has 0 amide bonds. The van der Waals surface area contributed by atoms with Gasteiger partial charge in [-0.25, -0.2) is 27.5 Å². The van der Waals surface area contributed by atoms with Gasteiger partial charge >= 0.3 is 0 Å². The molecule has 1 heterocycles. The first-order chi connectivity index (χ1) is 15.4. The number of halogens is 1. The minimum Gasteiger partial charge on any atom is -0.365 e. The minimum atomic E-state index is -3.42. The van der Waals surface area contributed by atoms with Gasteiger partial charge in [0.25, 0.3) is 0 Å². The van der Waals surface area contributed by atoms with Crippen LogP contribution < -0.4 is 10.0 Å². The molecule has 0 aliphatic heterocycles. The monoisotopic (exact) mass is 450 g/mol. The third kappa shape index (κ3) is 5.09. The van der Waals surface area contributed by atoms with Crippen LogP contribution in [0.25, 0.3) is 22.0 Å². The molecule has 3 aromatic carbocycles. The Bertz CT molecular complexity index is 1340. The number of rotatable bonds is 8. The number of fused-ring (bicyclic) bond motifs is 1. The van der Waals surface area contributed by atoms with Crippen LogP contribution in [0.15, 0.2) is 73.1 Å². The summed E-state index contributed by atoms with van der Waals surface area (Å²) in [5.41, 5.74) is 3.84. The molecular weight excluding hydrogens is 427 g/mol. The predicted octanol–water partition coefficient (Wildman–Crippen LogP) is 4.49. The maximum Gasteiger partial charge on any atom is 0.211 e. The Hall–Kier alpha value is -3.36. The Balaban J connectivity index is 1.64. The quantitative estimate of drug-likeness (QED) is 0.413. The average molecular weight is 451 g/mol. The highest BCUT2D eigenvalue weighted by Crippen LogP contribution is 2.28. The number of hydrogen-bond donors (Lipinski definition) is 2. The van der Waals surface area contributed by atoms with E-state index in [9.17, 15) is 12.8 Å². The lowest BCUT2D eigenvalue weighted by Gasteiger charge is -2.11. The van der Waals surface area contributed by atoms with Crippen molar-refractivity contribution >= 4 is 26.7 Å². The molecule has 0 unspecified atom stereocenters. The molecule has 8 heteroatoms. The van der Waals surface area contributed by atoms with Crippen molar-refractivity contribution in [2.75, 3.05) is 11.1 Å². The van der Waals surface area contributed by atoms with Crippen LogP contribution in [0.5, 0.6) is 0 Å². The fourth-order valence-corrected chi connectivity index (χ4v) is 3.92. The Morgan fingerprint density at radius 3 is 2.44 bits per heavy atom. The topological polar surface area (TPSA) is 84.0 Å². The second-order valence-corrected chi connectivity index (χ2v) is 9.42. The zero-order valence-corrected chi connectivity index (χ0v) is 18.4. The Labute approximate surface area is 186 Å². The van der Waals surface area contributed by atoms with Crippen LogP contribution >= 0.6 is 0 Å². The first-order valence-corrected chi connectivity index (χ1v) is 11.9. The third-order valence-corrected chi connectivity index (χ3v) is 6.52. The number of sulfonamides is 1. The van der Waals surface area contributed by atoms with Crippen LogP contribution in [0.3, 0.4) is 0 Å². The Morgan fingerprint density at radius 1 is 0.906 bits per heavy atom. The number of anilines is 1. The van der Waals surface area contributed by atoms with E-state index in [4.69, 9.17) is 0 Å². The van der Waals surface area contributed by atoms with E-state index >= 15 is 0 Å². The molecule has 32 heavy (non-hydrogen) atoms. The maximum absolute atomic E-state index is 14.3. The number of hydrogen-bond acceptors (Lipinski definition) is 5. The van der Waals surface area contributed by atoms with Gasteiger partial charge in [-0.1, -0.05) is 42.5 Å². The summed E-state index contributed by atoms with van der Waals surface area (Å²) in [6.45, 7) is 2.06. The van der Waals surface area contributed by atoms with Gasteiger partial charge in [-0.15, -0.1) is 0 Å². The molecule has 1 aromatic heterocycles. The molecule has 0 bridgehead atoms.